The Morgan fingerprint density at radius 3 is 2.45 bits per heavy atom. The molecule has 6 nitrogen and oxygen atoms in total. The first-order valence-corrected chi connectivity index (χ1v) is 8.52. The van der Waals surface area contributed by atoms with E-state index in [9.17, 15) is 13.2 Å². The molecule has 0 amide bonds. The van der Waals surface area contributed by atoms with Gasteiger partial charge in [0.2, 0.25) is 0 Å². The molecule has 1 aromatic rings. The summed E-state index contributed by atoms with van der Waals surface area (Å²) in [7, 11) is -3.69. The van der Waals surface area contributed by atoms with Gasteiger partial charge in [-0.3, -0.25) is 4.31 Å². The first-order chi connectivity index (χ1) is 10.4. The first kappa shape index (κ1) is 13.8. The normalized spacial score (nSPS) is 22.8. The Morgan fingerprint density at radius 2 is 1.86 bits per heavy atom. The highest BCUT2D eigenvalue weighted by molar-refractivity contribution is 7.89. The van der Waals surface area contributed by atoms with Crippen LogP contribution in [0.1, 0.15) is 12.0 Å². The van der Waals surface area contributed by atoms with Crippen LogP contribution < -0.4 is 0 Å². The molecule has 0 aromatic heterocycles. The van der Waals surface area contributed by atoms with Crippen LogP contribution in [0, 0.1) is 6.92 Å². The highest BCUT2D eigenvalue weighted by Crippen LogP contribution is 2.46. The van der Waals surface area contributed by atoms with Crippen molar-refractivity contribution >= 4 is 16.0 Å². The van der Waals surface area contributed by atoms with Crippen LogP contribution in [0.25, 0.3) is 0 Å². The lowest BCUT2D eigenvalue weighted by Crippen LogP contribution is -2.55. The molecule has 0 bridgehead atoms. The second-order valence-electron chi connectivity index (χ2n) is 5.84. The summed E-state index contributed by atoms with van der Waals surface area (Å²) in [6.45, 7) is 2.61. The van der Waals surface area contributed by atoms with Gasteiger partial charge in [0, 0.05) is 13.0 Å². The molecule has 3 heterocycles. The lowest BCUT2D eigenvalue weighted by atomic mass is 9.97. The van der Waals surface area contributed by atoms with Crippen molar-refractivity contribution in [3.8, 4) is 0 Å². The Hall–Kier alpha value is -1.86. The summed E-state index contributed by atoms with van der Waals surface area (Å²) in [5.41, 5.74) is 1.03. The van der Waals surface area contributed by atoms with Crippen molar-refractivity contribution in [2.24, 2.45) is 0 Å². The van der Waals surface area contributed by atoms with Gasteiger partial charge in [-0.15, -0.1) is 0 Å². The largest absolute Gasteiger partial charge is 0.444 e. The number of carbonyl (C=O) groups is 1. The summed E-state index contributed by atoms with van der Waals surface area (Å²) in [4.78, 5) is 12.2. The molecule has 0 aliphatic carbocycles. The summed E-state index contributed by atoms with van der Waals surface area (Å²) < 4.78 is 37.7. The quantitative estimate of drug-likeness (QED) is 0.759. The van der Waals surface area contributed by atoms with Crippen molar-refractivity contribution in [3.63, 3.8) is 0 Å². The molecule has 1 spiro atoms. The number of carbonyl (C=O) groups excluding carboxylic acids is 1. The van der Waals surface area contributed by atoms with Gasteiger partial charge in [-0.05, 0) is 19.1 Å². The number of ether oxygens (including phenoxy) is 2. The van der Waals surface area contributed by atoms with E-state index in [4.69, 9.17) is 9.47 Å². The summed E-state index contributed by atoms with van der Waals surface area (Å²) >= 11 is 0. The van der Waals surface area contributed by atoms with Crippen molar-refractivity contribution in [2.75, 3.05) is 19.8 Å². The molecule has 3 aliphatic rings. The standard InChI is InChI=1S/C15H15NO5S/c1-10-2-4-11(5-3-10)22(18,19)16-7-6-12-13(16)15(8-20-9-15)21-14(12)17/h2-5H,6-9H2,1H3. The molecule has 1 aromatic carbocycles. The minimum atomic E-state index is -3.69. The Morgan fingerprint density at radius 1 is 1.18 bits per heavy atom. The number of aryl methyl sites for hydroxylation is 1. The first-order valence-electron chi connectivity index (χ1n) is 7.08. The Kier molecular flexibility index (Phi) is 2.71. The molecule has 0 saturated carbocycles. The van der Waals surface area contributed by atoms with E-state index in [0.29, 0.717) is 17.7 Å². The van der Waals surface area contributed by atoms with Gasteiger partial charge in [0.15, 0.2) is 5.60 Å². The molecule has 0 unspecified atom stereocenters. The molecule has 3 aliphatic heterocycles. The van der Waals surface area contributed by atoms with Crippen LogP contribution in [0.5, 0.6) is 0 Å². The Bertz CT molecular complexity index is 790. The molecule has 116 valence electrons. The summed E-state index contributed by atoms with van der Waals surface area (Å²) in [6.07, 6.45) is 0.390. The zero-order chi connectivity index (χ0) is 15.5. The van der Waals surface area contributed by atoms with Crippen LogP contribution in [-0.2, 0) is 24.3 Å². The SMILES string of the molecule is Cc1ccc(S(=O)(=O)N2CCC3=C2C2(COC2)OC3=O)cc1. The Labute approximate surface area is 128 Å². The van der Waals surface area contributed by atoms with Gasteiger partial charge < -0.3 is 9.47 Å². The van der Waals surface area contributed by atoms with Gasteiger partial charge >= 0.3 is 5.97 Å². The third-order valence-electron chi connectivity index (χ3n) is 4.35. The number of hydrogen-bond donors (Lipinski definition) is 0. The summed E-state index contributed by atoms with van der Waals surface area (Å²) in [5, 5.41) is 0. The van der Waals surface area contributed by atoms with Gasteiger partial charge in [-0.1, -0.05) is 17.7 Å². The van der Waals surface area contributed by atoms with E-state index in [-0.39, 0.29) is 24.7 Å². The zero-order valence-corrected chi connectivity index (χ0v) is 12.9. The number of nitrogens with zero attached hydrogens (tertiary/aromatic N) is 1. The van der Waals surface area contributed by atoms with E-state index >= 15 is 0 Å². The molecule has 1 fully saturated rings. The fourth-order valence-corrected chi connectivity index (χ4v) is 4.73. The van der Waals surface area contributed by atoms with E-state index in [1.165, 1.54) is 4.31 Å². The predicted molar refractivity (Wildman–Crippen MR) is 76.4 cm³/mol. The lowest BCUT2D eigenvalue weighted by Gasteiger charge is -2.41. The summed E-state index contributed by atoms with van der Waals surface area (Å²) in [5.74, 6) is -0.417. The van der Waals surface area contributed by atoms with Gasteiger partial charge in [0.1, 0.15) is 0 Å². The van der Waals surface area contributed by atoms with Crippen LogP contribution in [0.15, 0.2) is 40.4 Å². The van der Waals surface area contributed by atoms with Crippen LogP contribution in [0.3, 0.4) is 0 Å². The second-order valence-corrected chi connectivity index (χ2v) is 7.71. The van der Waals surface area contributed by atoms with E-state index in [1.807, 2.05) is 6.92 Å². The molecular formula is C15H15NO5S. The third-order valence-corrected chi connectivity index (χ3v) is 6.16. The highest BCUT2D eigenvalue weighted by atomic mass is 32.2. The monoisotopic (exact) mass is 321 g/mol. The molecule has 0 radical (unpaired) electrons. The van der Waals surface area contributed by atoms with Gasteiger partial charge in [0.25, 0.3) is 10.0 Å². The molecule has 0 atom stereocenters. The van der Waals surface area contributed by atoms with E-state index in [1.54, 1.807) is 24.3 Å². The zero-order valence-electron chi connectivity index (χ0n) is 12.0. The smallest absolute Gasteiger partial charge is 0.337 e. The van der Waals surface area contributed by atoms with Crippen LogP contribution >= 0.6 is 0 Å². The number of benzene rings is 1. The van der Waals surface area contributed by atoms with E-state index in [0.717, 1.165) is 5.56 Å². The van der Waals surface area contributed by atoms with E-state index in [2.05, 4.69) is 0 Å². The van der Waals surface area contributed by atoms with Gasteiger partial charge in [-0.25, -0.2) is 13.2 Å². The fraction of sp³-hybridized carbons (Fsp3) is 0.400. The minimum Gasteiger partial charge on any atom is -0.444 e. The van der Waals surface area contributed by atoms with Gasteiger partial charge in [0.05, 0.1) is 29.4 Å². The molecule has 0 N–H and O–H groups in total. The van der Waals surface area contributed by atoms with Crippen molar-refractivity contribution in [1.82, 2.24) is 4.31 Å². The molecule has 22 heavy (non-hydrogen) atoms. The van der Waals surface area contributed by atoms with Crippen LogP contribution in [-0.4, -0.2) is 44.1 Å². The molecule has 1 saturated heterocycles. The second kappa shape index (κ2) is 4.33. The number of sulfonamides is 1. The number of hydrogen-bond acceptors (Lipinski definition) is 5. The van der Waals surface area contributed by atoms with Gasteiger partial charge in [-0.2, -0.15) is 0 Å². The predicted octanol–water partition coefficient (Wildman–Crippen LogP) is 0.969. The topological polar surface area (TPSA) is 72.9 Å². The Balaban J connectivity index is 1.78. The molecule has 4 rings (SSSR count). The average molecular weight is 321 g/mol. The van der Waals surface area contributed by atoms with Crippen molar-refractivity contribution < 1.29 is 22.7 Å². The van der Waals surface area contributed by atoms with Crippen molar-refractivity contribution in [3.05, 3.63) is 41.1 Å². The maximum Gasteiger partial charge on any atom is 0.337 e. The number of fused-ring (bicyclic) bond motifs is 1. The van der Waals surface area contributed by atoms with Crippen LogP contribution in [0.4, 0.5) is 0 Å². The average Bonchev–Trinajstić information content (AvgIpc) is 2.99. The minimum absolute atomic E-state index is 0.220. The maximum absolute atomic E-state index is 12.9. The number of rotatable bonds is 2. The van der Waals surface area contributed by atoms with E-state index < -0.39 is 21.6 Å². The molecule has 7 heteroatoms. The van der Waals surface area contributed by atoms with Crippen molar-refractivity contribution in [2.45, 2.75) is 23.8 Å². The maximum atomic E-state index is 12.9. The third kappa shape index (κ3) is 1.69. The van der Waals surface area contributed by atoms with Crippen molar-refractivity contribution in [1.29, 1.82) is 0 Å². The van der Waals surface area contributed by atoms with Crippen LogP contribution in [0.2, 0.25) is 0 Å². The highest BCUT2D eigenvalue weighted by Gasteiger charge is 2.59. The summed E-state index contributed by atoms with van der Waals surface area (Å²) in [6, 6.07) is 6.70. The number of esters is 1. The fourth-order valence-electron chi connectivity index (χ4n) is 3.14. The molecular weight excluding hydrogens is 306 g/mol. The lowest BCUT2D eigenvalue weighted by molar-refractivity contribution is -0.191.